The summed E-state index contributed by atoms with van der Waals surface area (Å²) in [5.41, 5.74) is 5.89. The Bertz CT molecular complexity index is 502. The van der Waals surface area contributed by atoms with E-state index >= 15 is 0 Å². The molecule has 0 aromatic carbocycles. The molecule has 5 atom stereocenters. The Kier molecular flexibility index (Phi) is 7.74. The Labute approximate surface area is 164 Å². The molecule has 2 saturated carbocycles. The number of nitrogens with zero attached hydrogens (tertiary/aromatic N) is 1. The first-order valence-corrected chi connectivity index (χ1v) is 11.1. The Hall–Kier alpha value is -0.910. The molecule has 5 nitrogen and oxygen atoms in total. The summed E-state index contributed by atoms with van der Waals surface area (Å²) in [6, 6.07) is 0. The maximum absolute atomic E-state index is 12.6. The standard InChI is InChI=1S/C22H38N2O3/c23-14-16-3-1-5-19(13-16)17-9-11-24(12-10-17)22(27)8-7-18-4-2-6-21(26)20(18)15-25/h7-8,16-21,25-26H,1-6,9-15,23H2/b8-7+. The largest absolute Gasteiger partial charge is 0.396 e. The molecule has 3 aliphatic rings. The van der Waals surface area contributed by atoms with Crippen LogP contribution < -0.4 is 5.73 Å². The van der Waals surface area contributed by atoms with Crippen molar-refractivity contribution in [2.75, 3.05) is 26.2 Å². The summed E-state index contributed by atoms with van der Waals surface area (Å²) < 4.78 is 0. The van der Waals surface area contributed by atoms with Gasteiger partial charge < -0.3 is 20.8 Å². The van der Waals surface area contributed by atoms with Crippen molar-refractivity contribution in [3.63, 3.8) is 0 Å². The van der Waals surface area contributed by atoms with Crippen molar-refractivity contribution >= 4 is 5.91 Å². The van der Waals surface area contributed by atoms with E-state index in [1.165, 1.54) is 25.7 Å². The molecule has 3 rings (SSSR count). The average Bonchev–Trinajstić information content (AvgIpc) is 2.72. The Balaban J connectivity index is 1.47. The second-order valence-corrected chi connectivity index (χ2v) is 9.06. The average molecular weight is 379 g/mol. The number of carbonyl (C=O) groups is 1. The van der Waals surface area contributed by atoms with E-state index in [9.17, 15) is 15.0 Å². The topological polar surface area (TPSA) is 86.8 Å². The minimum Gasteiger partial charge on any atom is -0.396 e. The maximum Gasteiger partial charge on any atom is 0.246 e. The number of piperidine rings is 1. The highest BCUT2D eigenvalue weighted by Gasteiger charge is 2.32. The number of hydrogen-bond acceptors (Lipinski definition) is 4. The summed E-state index contributed by atoms with van der Waals surface area (Å²) in [4.78, 5) is 14.6. The van der Waals surface area contributed by atoms with Gasteiger partial charge in [-0.2, -0.15) is 0 Å². The number of aliphatic hydroxyl groups is 2. The number of nitrogens with two attached hydrogens (primary N) is 1. The van der Waals surface area contributed by atoms with Gasteiger partial charge in [0.25, 0.3) is 0 Å². The number of rotatable bonds is 5. The van der Waals surface area contributed by atoms with Gasteiger partial charge in [0.05, 0.1) is 6.10 Å². The van der Waals surface area contributed by atoms with E-state index in [1.807, 2.05) is 11.0 Å². The van der Waals surface area contributed by atoms with E-state index in [-0.39, 0.29) is 24.3 Å². The van der Waals surface area contributed by atoms with Crippen molar-refractivity contribution in [2.45, 2.75) is 63.9 Å². The lowest BCUT2D eigenvalue weighted by Gasteiger charge is -2.39. The maximum atomic E-state index is 12.6. The van der Waals surface area contributed by atoms with E-state index in [1.54, 1.807) is 6.08 Å². The van der Waals surface area contributed by atoms with Crippen molar-refractivity contribution in [2.24, 2.45) is 35.3 Å². The highest BCUT2D eigenvalue weighted by atomic mass is 16.3. The molecule has 27 heavy (non-hydrogen) atoms. The van der Waals surface area contributed by atoms with Crippen molar-refractivity contribution in [3.8, 4) is 0 Å². The molecule has 2 aliphatic carbocycles. The normalized spacial score (nSPS) is 36.3. The predicted octanol–water partition coefficient (Wildman–Crippen LogP) is 2.32. The quantitative estimate of drug-likeness (QED) is 0.641. The van der Waals surface area contributed by atoms with E-state index < -0.39 is 6.10 Å². The highest BCUT2D eigenvalue weighted by Crippen LogP contribution is 2.38. The van der Waals surface area contributed by atoms with E-state index in [0.29, 0.717) is 5.92 Å². The van der Waals surface area contributed by atoms with Gasteiger partial charge in [-0.05, 0) is 74.8 Å². The molecule has 5 heteroatoms. The summed E-state index contributed by atoms with van der Waals surface area (Å²) in [6.07, 6.45) is 13.3. The summed E-state index contributed by atoms with van der Waals surface area (Å²) >= 11 is 0. The lowest BCUT2D eigenvalue weighted by atomic mass is 9.72. The number of amides is 1. The SMILES string of the molecule is NCC1CCCC(C2CCN(C(=O)/C=C/C3CCCC(O)C3CO)CC2)C1. The van der Waals surface area contributed by atoms with Crippen LogP contribution in [0.1, 0.15) is 57.8 Å². The first-order valence-electron chi connectivity index (χ1n) is 11.1. The zero-order valence-electron chi connectivity index (χ0n) is 16.6. The molecular formula is C22H38N2O3. The van der Waals surface area contributed by atoms with Gasteiger partial charge >= 0.3 is 0 Å². The third-order valence-electron chi connectivity index (χ3n) is 7.45. The molecular weight excluding hydrogens is 340 g/mol. The number of hydrogen-bond donors (Lipinski definition) is 3. The van der Waals surface area contributed by atoms with Gasteiger partial charge in [-0.3, -0.25) is 4.79 Å². The van der Waals surface area contributed by atoms with Gasteiger partial charge in [0, 0.05) is 25.6 Å². The molecule has 1 amide bonds. The van der Waals surface area contributed by atoms with Crippen LogP contribution in [0.3, 0.4) is 0 Å². The second-order valence-electron chi connectivity index (χ2n) is 9.06. The smallest absolute Gasteiger partial charge is 0.246 e. The number of likely N-dealkylation sites (tertiary alicyclic amines) is 1. The molecule has 154 valence electrons. The summed E-state index contributed by atoms with van der Waals surface area (Å²) in [6.45, 7) is 2.52. The first kappa shape index (κ1) is 20.8. The summed E-state index contributed by atoms with van der Waals surface area (Å²) in [5, 5.41) is 19.6. The number of aliphatic hydroxyl groups excluding tert-OH is 2. The highest BCUT2D eigenvalue weighted by molar-refractivity contribution is 5.87. The molecule has 0 spiro atoms. The van der Waals surface area contributed by atoms with Gasteiger partial charge in [0.15, 0.2) is 0 Å². The predicted molar refractivity (Wildman–Crippen MR) is 107 cm³/mol. The van der Waals surface area contributed by atoms with Crippen molar-refractivity contribution in [1.29, 1.82) is 0 Å². The second kappa shape index (κ2) is 10.0. The number of carbonyl (C=O) groups excluding carboxylic acids is 1. The molecule has 1 heterocycles. The van der Waals surface area contributed by atoms with Crippen LogP contribution in [-0.2, 0) is 4.79 Å². The van der Waals surface area contributed by atoms with Gasteiger partial charge in [0.1, 0.15) is 0 Å². The fraction of sp³-hybridized carbons (Fsp3) is 0.864. The molecule has 1 saturated heterocycles. The van der Waals surface area contributed by atoms with Crippen molar-refractivity contribution in [1.82, 2.24) is 4.90 Å². The van der Waals surface area contributed by atoms with Crippen LogP contribution in [0.4, 0.5) is 0 Å². The lowest BCUT2D eigenvalue weighted by Crippen LogP contribution is -2.40. The van der Waals surface area contributed by atoms with Crippen LogP contribution in [0.25, 0.3) is 0 Å². The molecule has 4 N–H and O–H groups in total. The van der Waals surface area contributed by atoms with Gasteiger partial charge in [-0.25, -0.2) is 0 Å². The van der Waals surface area contributed by atoms with Crippen LogP contribution in [0.5, 0.6) is 0 Å². The molecule has 1 aliphatic heterocycles. The van der Waals surface area contributed by atoms with Gasteiger partial charge in [0.2, 0.25) is 5.91 Å². The molecule has 0 radical (unpaired) electrons. The molecule has 0 aromatic rings. The van der Waals surface area contributed by atoms with Crippen molar-refractivity contribution in [3.05, 3.63) is 12.2 Å². The third kappa shape index (κ3) is 5.33. The van der Waals surface area contributed by atoms with Crippen molar-refractivity contribution < 1.29 is 15.0 Å². The summed E-state index contributed by atoms with van der Waals surface area (Å²) in [5.74, 6) is 2.32. The van der Waals surface area contributed by atoms with Crippen LogP contribution >= 0.6 is 0 Å². The van der Waals surface area contributed by atoms with Gasteiger partial charge in [-0.15, -0.1) is 0 Å². The molecule has 0 bridgehead atoms. The Morgan fingerprint density at radius 1 is 1.04 bits per heavy atom. The summed E-state index contributed by atoms with van der Waals surface area (Å²) in [7, 11) is 0. The van der Waals surface area contributed by atoms with Gasteiger partial charge in [-0.1, -0.05) is 25.3 Å². The fourth-order valence-corrected chi connectivity index (χ4v) is 5.65. The van der Waals surface area contributed by atoms with Crippen LogP contribution in [0, 0.1) is 29.6 Å². The zero-order valence-corrected chi connectivity index (χ0v) is 16.6. The van der Waals surface area contributed by atoms with Crippen LogP contribution in [0.15, 0.2) is 12.2 Å². The Morgan fingerprint density at radius 3 is 2.48 bits per heavy atom. The first-order chi connectivity index (χ1) is 13.1. The zero-order chi connectivity index (χ0) is 19.2. The van der Waals surface area contributed by atoms with E-state index in [0.717, 1.165) is 63.6 Å². The Morgan fingerprint density at radius 2 is 1.78 bits per heavy atom. The monoisotopic (exact) mass is 378 g/mol. The van der Waals surface area contributed by atoms with E-state index in [4.69, 9.17) is 5.73 Å². The van der Waals surface area contributed by atoms with Crippen LogP contribution in [0.2, 0.25) is 0 Å². The molecule has 0 aromatic heterocycles. The molecule has 3 fully saturated rings. The minimum atomic E-state index is -0.447. The van der Waals surface area contributed by atoms with Crippen LogP contribution in [-0.4, -0.2) is 53.4 Å². The fourth-order valence-electron chi connectivity index (χ4n) is 5.65. The molecule has 5 unspecified atom stereocenters. The lowest BCUT2D eigenvalue weighted by molar-refractivity contribution is -0.127. The number of allylic oxidation sites excluding steroid dienone is 1. The third-order valence-corrected chi connectivity index (χ3v) is 7.45. The minimum absolute atomic E-state index is 0.0130. The van der Waals surface area contributed by atoms with E-state index in [2.05, 4.69) is 0 Å².